The Labute approximate surface area is 97.6 Å². The zero-order valence-corrected chi connectivity index (χ0v) is 9.65. The van der Waals surface area contributed by atoms with Crippen molar-refractivity contribution < 1.29 is 0 Å². The minimum absolute atomic E-state index is 0.675. The zero-order chi connectivity index (χ0) is 10.8. The molecule has 1 unspecified atom stereocenters. The van der Waals surface area contributed by atoms with E-state index in [1.165, 1.54) is 32.1 Å². The highest BCUT2D eigenvalue weighted by Crippen LogP contribution is 2.23. The normalized spacial score (nSPS) is 24.6. The molecule has 0 saturated heterocycles. The van der Waals surface area contributed by atoms with E-state index >= 15 is 0 Å². The van der Waals surface area contributed by atoms with Crippen molar-refractivity contribution in [2.75, 3.05) is 0 Å². The van der Waals surface area contributed by atoms with Gasteiger partial charge < -0.3 is 5.32 Å². The Hall–Kier alpha value is -1.08. The predicted octanol–water partition coefficient (Wildman–Crippen LogP) is 2.85. The number of benzene rings is 1. The second kappa shape index (κ2) is 4.42. The average molecular weight is 213 g/mol. The van der Waals surface area contributed by atoms with Gasteiger partial charge in [-0.25, -0.2) is 0 Å². The van der Waals surface area contributed by atoms with Gasteiger partial charge in [-0.15, -0.1) is 0 Å². The fourth-order valence-electron chi connectivity index (χ4n) is 2.96. The monoisotopic (exact) mass is 213 g/mol. The number of allylic oxidation sites excluding steroid dienone is 1. The van der Waals surface area contributed by atoms with E-state index in [1.807, 2.05) is 0 Å². The highest BCUT2D eigenvalue weighted by Gasteiger charge is 2.23. The van der Waals surface area contributed by atoms with Crippen molar-refractivity contribution in [2.45, 2.75) is 44.2 Å². The first-order valence-electron chi connectivity index (χ1n) is 6.39. The molecule has 3 rings (SSSR count). The minimum atomic E-state index is 0.675. The molecule has 1 heteroatoms. The van der Waals surface area contributed by atoms with Gasteiger partial charge in [-0.1, -0.05) is 36.4 Å². The lowest BCUT2D eigenvalue weighted by Gasteiger charge is -2.23. The molecular formula is C15H19N. The molecule has 0 spiro atoms. The van der Waals surface area contributed by atoms with Crippen LogP contribution in [0.1, 0.15) is 30.4 Å². The Kier molecular flexibility index (Phi) is 2.79. The number of nitrogens with one attached hydrogen (secondary N) is 1. The molecule has 0 saturated carbocycles. The van der Waals surface area contributed by atoms with Crippen LogP contribution in [-0.2, 0) is 12.8 Å². The highest BCUT2D eigenvalue weighted by molar-refractivity contribution is 5.33. The average Bonchev–Trinajstić information content (AvgIpc) is 2.72. The second-order valence-electron chi connectivity index (χ2n) is 5.02. The summed E-state index contributed by atoms with van der Waals surface area (Å²) < 4.78 is 0. The van der Waals surface area contributed by atoms with E-state index in [0.717, 1.165) is 0 Å². The quantitative estimate of drug-likeness (QED) is 0.745. The molecule has 1 aromatic carbocycles. The SMILES string of the molecule is C1=CCC(NC2Cc3ccccc3C2)CC1. The van der Waals surface area contributed by atoms with Gasteiger partial charge in [-0.2, -0.15) is 0 Å². The second-order valence-corrected chi connectivity index (χ2v) is 5.02. The molecule has 2 aliphatic carbocycles. The molecule has 0 aromatic heterocycles. The lowest BCUT2D eigenvalue weighted by molar-refractivity contribution is 0.410. The van der Waals surface area contributed by atoms with Crippen molar-refractivity contribution in [2.24, 2.45) is 0 Å². The van der Waals surface area contributed by atoms with Crippen LogP contribution in [0.4, 0.5) is 0 Å². The van der Waals surface area contributed by atoms with Crippen LogP contribution in [0, 0.1) is 0 Å². The van der Waals surface area contributed by atoms with Gasteiger partial charge >= 0.3 is 0 Å². The number of rotatable bonds is 2. The molecule has 0 fully saturated rings. The Morgan fingerprint density at radius 3 is 2.31 bits per heavy atom. The summed E-state index contributed by atoms with van der Waals surface area (Å²) in [4.78, 5) is 0. The van der Waals surface area contributed by atoms with Crippen LogP contribution in [-0.4, -0.2) is 12.1 Å². The molecule has 0 heterocycles. The zero-order valence-electron chi connectivity index (χ0n) is 9.65. The van der Waals surface area contributed by atoms with Crippen LogP contribution in [0.2, 0.25) is 0 Å². The van der Waals surface area contributed by atoms with Gasteiger partial charge in [0.15, 0.2) is 0 Å². The minimum Gasteiger partial charge on any atom is -0.310 e. The van der Waals surface area contributed by atoms with Crippen molar-refractivity contribution in [3.63, 3.8) is 0 Å². The van der Waals surface area contributed by atoms with E-state index in [0.29, 0.717) is 12.1 Å². The Bertz CT molecular complexity index is 369. The molecule has 0 amide bonds. The van der Waals surface area contributed by atoms with Crippen LogP contribution in [0.15, 0.2) is 36.4 Å². The fraction of sp³-hybridized carbons (Fsp3) is 0.467. The molecule has 84 valence electrons. The van der Waals surface area contributed by atoms with Gasteiger partial charge in [0.05, 0.1) is 0 Å². The number of fused-ring (bicyclic) bond motifs is 1. The molecule has 1 nitrogen and oxygen atoms in total. The molecule has 0 radical (unpaired) electrons. The number of hydrogen-bond donors (Lipinski definition) is 1. The van der Waals surface area contributed by atoms with Crippen molar-refractivity contribution in [3.05, 3.63) is 47.5 Å². The Balaban J connectivity index is 1.61. The number of hydrogen-bond acceptors (Lipinski definition) is 1. The van der Waals surface area contributed by atoms with Gasteiger partial charge in [0.2, 0.25) is 0 Å². The van der Waals surface area contributed by atoms with Crippen molar-refractivity contribution in [1.29, 1.82) is 0 Å². The predicted molar refractivity (Wildman–Crippen MR) is 67.6 cm³/mol. The van der Waals surface area contributed by atoms with Gasteiger partial charge in [0.1, 0.15) is 0 Å². The third-order valence-electron chi connectivity index (χ3n) is 3.79. The van der Waals surface area contributed by atoms with Gasteiger partial charge in [0, 0.05) is 12.1 Å². The topological polar surface area (TPSA) is 12.0 Å². The maximum atomic E-state index is 3.81. The summed E-state index contributed by atoms with van der Waals surface area (Å²) in [6.45, 7) is 0. The van der Waals surface area contributed by atoms with E-state index in [-0.39, 0.29) is 0 Å². The van der Waals surface area contributed by atoms with E-state index in [4.69, 9.17) is 0 Å². The fourth-order valence-corrected chi connectivity index (χ4v) is 2.96. The molecular weight excluding hydrogens is 194 g/mol. The Morgan fingerprint density at radius 1 is 0.938 bits per heavy atom. The van der Waals surface area contributed by atoms with Crippen LogP contribution < -0.4 is 5.32 Å². The molecule has 16 heavy (non-hydrogen) atoms. The van der Waals surface area contributed by atoms with Crippen molar-refractivity contribution >= 4 is 0 Å². The third kappa shape index (κ3) is 2.05. The lowest BCUT2D eigenvalue weighted by Crippen LogP contribution is -2.39. The van der Waals surface area contributed by atoms with Crippen molar-refractivity contribution in [1.82, 2.24) is 5.32 Å². The Morgan fingerprint density at radius 2 is 1.69 bits per heavy atom. The first kappa shape index (κ1) is 10.1. The summed E-state index contributed by atoms with van der Waals surface area (Å²) in [5.41, 5.74) is 3.10. The largest absolute Gasteiger partial charge is 0.310 e. The molecule has 0 aliphatic heterocycles. The molecule has 2 aliphatic rings. The maximum Gasteiger partial charge on any atom is 0.0151 e. The standard InChI is InChI=1S/C15H19N/c1-2-8-14(9-3-1)16-15-10-12-6-4-5-7-13(12)11-15/h1-2,4-7,14-16H,3,8-11H2. The molecule has 1 atom stereocenters. The van der Waals surface area contributed by atoms with E-state index in [9.17, 15) is 0 Å². The summed E-state index contributed by atoms with van der Waals surface area (Å²) in [5.74, 6) is 0. The van der Waals surface area contributed by atoms with Gasteiger partial charge in [-0.3, -0.25) is 0 Å². The first-order chi connectivity index (χ1) is 7.92. The van der Waals surface area contributed by atoms with Crippen molar-refractivity contribution in [3.8, 4) is 0 Å². The summed E-state index contributed by atoms with van der Waals surface area (Å²) in [6.07, 6.45) is 10.8. The van der Waals surface area contributed by atoms with Gasteiger partial charge in [0.25, 0.3) is 0 Å². The van der Waals surface area contributed by atoms with E-state index < -0.39 is 0 Å². The molecule has 0 bridgehead atoms. The van der Waals surface area contributed by atoms with E-state index in [1.54, 1.807) is 11.1 Å². The summed E-state index contributed by atoms with van der Waals surface area (Å²) in [7, 11) is 0. The smallest absolute Gasteiger partial charge is 0.0151 e. The molecule has 1 aromatic rings. The third-order valence-corrected chi connectivity index (χ3v) is 3.79. The highest BCUT2D eigenvalue weighted by atomic mass is 15.0. The lowest BCUT2D eigenvalue weighted by atomic mass is 10.0. The summed E-state index contributed by atoms with van der Waals surface area (Å²) in [6, 6.07) is 10.3. The van der Waals surface area contributed by atoms with Crippen LogP contribution in [0.3, 0.4) is 0 Å². The van der Waals surface area contributed by atoms with Crippen LogP contribution >= 0.6 is 0 Å². The summed E-state index contributed by atoms with van der Waals surface area (Å²) in [5, 5.41) is 3.81. The van der Waals surface area contributed by atoms with Crippen LogP contribution in [0.5, 0.6) is 0 Å². The van der Waals surface area contributed by atoms with Gasteiger partial charge in [-0.05, 0) is 43.2 Å². The summed E-state index contributed by atoms with van der Waals surface area (Å²) >= 11 is 0. The molecule has 1 N–H and O–H groups in total. The first-order valence-corrected chi connectivity index (χ1v) is 6.39. The maximum absolute atomic E-state index is 3.81. The van der Waals surface area contributed by atoms with Crippen LogP contribution in [0.25, 0.3) is 0 Å². The van der Waals surface area contributed by atoms with E-state index in [2.05, 4.69) is 41.7 Å².